The zero-order valence-corrected chi connectivity index (χ0v) is 20.7. The molecular formula is C28H32N2O6. The number of anilines is 2. The largest absolute Gasteiger partial charge is 0.492 e. The Morgan fingerprint density at radius 1 is 0.833 bits per heavy atom. The van der Waals surface area contributed by atoms with Gasteiger partial charge in [-0.1, -0.05) is 24.3 Å². The first kappa shape index (κ1) is 25.2. The molecule has 3 aromatic carbocycles. The first-order valence-corrected chi connectivity index (χ1v) is 12.2. The summed E-state index contributed by atoms with van der Waals surface area (Å²) >= 11 is 0. The van der Waals surface area contributed by atoms with Gasteiger partial charge in [0.2, 0.25) is 0 Å². The van der Waals surface area contributed by atoms with Crippen molar-refractivity contribution in [1.82, 2.24) is 0 Å². The second kappa shape index (κ2) is 12.7. The highest BCUT2D eigenvalue weighted by Gasteiger charge is 2.20. The number of benzene rings is 3. The predicted molar refractivity (Wildman–Crippen MR) is 139 cm³/mol. The molecule has 8 heteroatoms. The van der Waals surface area contributed by atoms with Crippen molar-refractivity contribution in [2.24, 2.45) is 0 Å². The van der Waals surface area contributed by atoms with Crippen LogP contribution < -0.4 is 29.2 Å². The predicted octanol–water partition coefficient (Wildman–Crippen LogP) is 5.13. The van der Waals surface area contributed by atoms with Gasteiger partial charge in [0.05, 0.1) is 37.8 Å². The number of ether oxygens (including phenoxy) is 5. The third-order valence-corrected chi connectivity index (χ3v) is 5.44. The van der Waals surface area contributed by atoms with E-state index in [0.29, 0.717) is 55.1 Å². The zero-order chi connectivity index (χ0) is 25.2. The van der Waals surface area contributed by atoms with Gasteiger partial charge in [-0.3, -0.25) is 4.79 Å². The van der Waals surface area contributed by atoms with Crippen LogP contribution in [-0.2, 0) is 9.53 Å². The van der Waals surface area contributed by atoms with E-state index < -0.39 is 0 Å². The van der Waals surface area contributed by atoms with Crippen molar-refractivity contribution in [2.75, 3.05) is 56.3 Å². The average molecular weight is 493 g/mol. The minimum absolute atomic E-state index is 0.171. The molecule has 1 heterocycles. The fourth-order valence-electron chi connectivity index (χ4n) is 3.83. The summed E-state index contributed by atoms with van der Waals surface area (Å²) < 4.78 is 28.8. The summed E-state index contributed by atoms with van der Waals surface area (Å²) in [5.41, 5.74) is 1.46. The fourth-order valence-corrected chi connectivity index (χ4v) is 3.83. The van der Waals surface area contributed by atoms with Gasteiger partial charge in [0.1, 0.15) is 28.7 Å². The molecule has 1 saturated heterocycles. The molecule has 36 heavy (non-hydrogen) atoms. The maximum atomic E-state index is 12.8. The van der Waals surface area contributed by atoms with Gasteiger partial charge < -0.3 is 33.9 Å². The number of carbonyl (C=O) groups excluding carboxylic acids is 1. The fraction of sp³-hybridized carbons (Fsp3) is 0.321. The number of para-hydroxylation sites is 1. The molecule has 0 atom stereocenters. The summed E-state index contributed by atoms with van der Waals surface area (Å²) in [7, 11) is 0. The Morgan fingerprint density at radius 3 is 2.28 bits per heavy atom. The number of morpholine rings is 1. The second-order valence-electron chi connectivity index (χ2n) is 8.01. The summed E-state index contributed by atoms with van der Waals surface area (Å²) in [6, 6.07) is 20.4. The lowest BCUT2D eigenvalue weighted by Crippen LogP contribution is -2.36. The monoisotopic (exact) mass is 492 g/mol. The van der Waals surface area contributed by atoms with E-state index in [1.54, 1.807) is 12.1 Å². The maximum absolute atomic E-state index is 12.8. The van der Waals surface area contributed by atoms with E-state index in [1.807, 2.05) is 68.4 Å². The van der Waals surface area contributed by atoms with Gasteiger partial charge in [-0.05, 0) is 38.1 Å². The van der Waals surface area contributed by atoms with Crippen LogP contribution in [-0.4, -0.2) is 52.0 Å². The minimum Gasteiger partial charge on any atom is -0.492 e. The van der Waals surface area contributed by atoms with Gasteiger partial charge in [-0.2, -0.15) is 0 Å². The molecule has 4 rings (SSSR count). The van der Waals surface area contributed by atoms with Crippen LogP contribution in [0.5, 0.6) is 28.7 Å². The molecule has 1 aliphatic rings. The third kappa shape index (κ3) is 6.82. The van der Waals surface area contributed by atoms with E-state index >= 15 is 0 Å². The molecule has 190 valence electrons. The quantitative estimate of drug-likeness (QED) is 0.398. The van der Waals surface area contributed by atoms with Crippen molar-refractivity contribution in [3.63, 3.8) is 0 Å². The molecule has 0 radical (unpaired) electrons. The Bertz CT molecular complexity index is 1130. The number of nitrogens with one attached hydrogen (secondary N) is 1. The zero-order valence-electron chi connectivity index (χ0n) is 20.7. The summed E-state index contributed by atoms with van der Waals surface area (Å²) in [5, 5.41) is 2.91. The first-order chi connectivity index (χ1) is 17.7. The normalized spacial score (nSPS) is 13.1. The van der Waals surface area contributed by atoms with Crippen LogP contribution >= 0.6 is 0 Å². The molecule has 0 spiro atoms. The lowest BCUT2D eigenvalue weighted by atomic mass is 10.2. The van der Waals surface area contributed by atoms with Crippen molar-refractivity contribution in [3.05, 3.63) is 66.7 Å². The van der Waals surface area contributed by atoms with Crippen LogP contribution in [0.15, 0.2) is 66.7 Å². The number of hydrogen-bond acceptors (Lipinski definition) is 7. The van der Waals surface area contributed by atoms with Crippen molar-refractivity contribution >= 4 is 17.3 Å². The van der Waals surface area contributed by atoms with Crippen molar-refractivity contribution in [3.8, 4) is 28.7 Å². The Morgan fingerprint density at radius 2 is 1.53 bits per heavy atom. The van der Waals surface area contributed by atoms with Gasteiger partial charge in [0.25, 0.3) is 5.91 Å². The molecule has 0 unspecified atom stereocenters. The molecule has 1 N–H and O–H groups in total. The highest BCUT2D eigenvalue weighted by atomic mass is 16.5. The lowest BCUT2D eigenvalue weighted by molar-refractivity contribution is -0.118. The van der Waals surface area contributed by atoms with Gasteiger partial charge >= 0.3 is 0 Å². The molecule has 3 aromatic rings. The number of nitrogens with zero attached hydrogens (tertiary/aromatic N) is 1. The van der Waals surface area contributed by atoms with Crippen LogP contribution in [0, 0.1) is 0 Å². The smallest absolute Gasteiger partial charge is 0.262 e. The number of rotatable bonds is 11. The van der Waals surface area contributed by atoms with Crippen LogP contribution in [0.2, 0.25) is 0 Å². The average Bonchev–Trinajstić information content (AvgIpc) is 2.90. The highest BCUT2D eigenvalue weighted by molar-refractivity contribution is 5.94. The molecule has 1 aliphatic heterocycles. The Labute approximate surface area is 211 Å². The summed E-state index contributed by atoms with van der Waals surface area (Å²) in [6.07, 6.45) is 0. The SMILES string of the molecule is CCOc1cc(N2CCOCC2)c(OCC)cc1NC(=O)COc1cccc(Oc2ccccc2)c1. The second-order valence-corrected chi connectivity index (χ2v) is 8.01. The first-order valence-electron chi connectivity index (χ1n) is 12.2. The summed E-state index contributed by atoms with van der Waals surface area (Å²) in [5.74, 6) is 2.83. The van der Waals surface area contributed by atoms with Crippen molar-refractivity contribution in [2.45, 2.75) is 13.8 Å². The van der Waals surface area contributed by atoms with Gasteiger partial charge in [-0.25, -0.2) is 0 Å². The summed E-state index contributed by atoms with van der Waals surface area (Å²) in [4.78, 5) is 15.0. The highest BCUT2D eigenvalue weighted by Crippen LogP contribution is 2.39. The van der Waals surface area contributed by atoms with E-state index in [9.17, 15) is 4.79 Å². The van der Waals surface area contributed by atoms with Crippen molar-refractivity contribution < 1.29 is 28.5 Å². The molecule has 0 saturated carbocycles. The molecule has 8 nitrogen and oxygen atoms in total. The van der Waals surface area contributed by atoms with Crippen LogP contribution in [0.25, 0.3) is 0 Å². The molecule has 0 bridgehead atoms. The van der Waals surface area contributed by atoms with Gasteiger partial charge in [0.15, 0.2) is 6.61 Å². The topological polar surface area (TPSA) is 78.5 Å². The molecular weight excluding hydrogens is 460 g/mol. The van der Waals surface area contributed by atoms with Crippen LogP contribution in [0.4, 0.5) is 11.4 Å². The Hall–Kier alpha value is -3.91. The van der Waals surface area contributed by atoms with E-state index in [0.717, 1.165) is 24.5 Å². The summed E-state index contributed by atoms with van der Waals surface area (Å²) in [6.45, 7) is 7.47. The standard InChI is InChI=1S/C28H32N2O6/c1-3-33-26-19-25(30-13-15-32-16-14-30)27(34-4-2)18-24(26)29-28(31)20-35-22-11-8-12-23(17-22)36-21-9-6-5-7-10-21/h5-12,17-19H,3-4,13-16,20H2,1-2H3,(H,29,31). The van der Waals surface area contributed by atoms with Gasteiger partial charge in [-0.15, -0.1) is 0 Å². The molecule has 1 amide bonds. The van der Waals surface area contributed by atoms with E-state index in [4.69, 9.17) is 23.7 Å². The van der Waals surface area contributed by atoms with E-state index in [2.05, 4.69) is 10.2 Å². The molecule has 1 fully saturated rings. The number of amides is 1. The minimum atomic E-state index is -0.313. The van der Waals surface area contributed by atoms with Crippen LogP contribution in [0.1, 0.15) is 13.8 Å². The lowest BCUT2D eigenvalue weighted by Gasteiger charge is -2.31. The van der Waals surface area contributed by atoms with Gasteiger partial charge in [0, 0.05) is 31.3 Å². The van der Waals surface area contributed by atoms with Crippen LogP contribution in [0.3, 0.4) is 0 Å². The number of carbonyl (C=O) groups is 1. The molecule has 0 aromatic heterocycles. The van der Waals surface area contributed by atoms with E-state index in [1.165, 1.54) is 0 Å². The van der Waals surface area contributed by atoms with E-state index in [-0.39, 0.29) is 12.5 Å². The maximum Gasteiger partial charge on any atom is 0.262 e. The Balaban J connectivity index is 1.44. The Kier molecular flexibility index (Phi) is 8.88. The van der Waals surface area contributed by atoms with Crippen molar-refractivity contribution in [1.29, 1.82) is 0 Å². The number of hydrogen-bond donors (Lipinski definition) is 1. The molecule has 0 aliphatic carbocycles. The third-order valence-electron chi connectivity index (χ3n) is 5.44.